The third-order valence-corrected chi connectivity index (χ3v) is 3.12. The first kappa shape index (κ1) is 14.9. The number of amides is 1. The van der Waals surface area contributed by atoms with Crippen LogP contribution in [0.4, 0.5) is 0 Å². The molecule has 1 aliphatic rings. The Morgan fingerprint density at radius 3 is 2.72 bits per heavy atom. The summed E-state index contributed by atoms with van der Waals surface area (Å²) in [6.07, 6.45) is 0.806. The standard InChI is InChI=1S/C12H22N2O4/c1-4-5-14(6-11(15)17-3)12(16)9-7-18-8-10(9)13-2/h9-10,13H,4-8H2,1-3H3. The first-order valence-corrected chi connectivity index (χ1v) is 6.24. The first-order valence-electron chi connectivity index (χ1n) is 6.24. The van der Waals surface area contributed by atoms with Gasteiger partial charge in [0.15, 0.2) is 0 Å². The molecule has 0 aromatic carbocycles. The molecule has 6 nitrogen and oxygen atoms in total. The molecule has 6 heteroatoms. The second-order valence-electron chi connectivity index (χ2n) is 4.38. The molecule has 1 rings (SSSR count). The van der Waals surface area contributed by atoms with E-state index < -0.39 is 5.97 Å². The quantitative estimate of drug-likeness (QED) is 0.659. The third-order valence-electron chi connectivity index (χ3n) is 3.12. The van der Waals surface area contributed by atoms with Crippen molar-refractivity contribution in [2.45, 2.75) is 19.4 Å². The maximum atomic E-state index is 12.4. The molecule has 1 saturated heterocycles. The minimum atomic E-state index is -0.392. The predicted molar refractivity (Wildman–Crippen MR) is 66.0 cm³/mol. The second-order valence-corrected chi connectivity index (χ2v) is 4.38. The van der Waals surface area contributed by atoms with Gasteiger partial charge in [-0.25, -0.2) is 0 Å². The van der Waals surface area contributed by atoms with Gasteiger partial charge in [-0.05, 0) is 13.5 Å². The Balaban J connectivity index is 2.66. The van der Waals surface area contributed by atoms with Crippen molar-refractivity contribution in [1.82, 2.24) is 10.2 Å². The number of likely N-dealkylation sites (N-methyl/N-ethyl adjacent to an activating group) is 1. The van der Waals surface area contributed by atoms with Crippen molar-refractivity contribution in [1.29, 1.82) is 0 Å². The lowest BCUT2D eigenvalue weighted by Crippen LogP contribution is -2.46. The smallest absolute Gasteiger partial charge is 0.325 e. The Morgan fingerprint density at radius 2 is 2.17 bits per heavy atom. The van der Waals surface area contributed by atoms with Crippen molar-refractivity contribution in [3.05, 3.63) is 0 Å². The number of nitrogens with zero attached hydrogens (tertiary/aromatic N) is 1. The highest BCUT2D eigenvalue weighted by atomic mass is 16.5. The summed E-state index contributed by atoms with van der Waals surface area (Å²) >= 11 is 0. The molecule has 0 aromatic heterocycles. The van der Waals surface area contributed by atoms with E-state index in [-0.39, 0.29) is 24.4 Å². The largest absolute Gasteiger partial charge is 0.468 e. The minimum Gasteiger partial charge on any atom is -0.468 e. The summed E-state index contributed by atoms with van der Waals surface area (Å²) in [5.41, 5.74) is 0. The Bertz CT molecular complexity index is 296. The molecular formula is C12H22N2O4. The second kappa shape index (κ2) is 7.33. The fraction of sp³-hybridized carbons (Fsp3) is 0.833. The van der Waals surface area contributed by atoms with E-state index in [4.69, 9.17) is 4.74 Å². The Morgan fingerprint density at radius 1 is 1.44 bits per heavy atom. The van der Waals surface area contributed by atoms with Gasteiger partial charge < -0.3 is 19.7 Å². The maximum Gasteiger partial charge on any atom is 0.325 e. The lowest BCUT2D eigenvalue weighted by Gasteiger charge is -2.26. The first-order chi connectivity index (χ1) is 8.63. The van der Waals surface area contributed by atoms with Crippen LogP contribution in [-0.2, 0) is 19.1 Å². The van der Waals surface area contributed by atoms with E-state index >= 15 is 0 Å². The van der Waals surface area contributed by atoms with E-state index in [0.717, 1.165) is 6.42 Å². The SMILES string of the molecule is CCCN(CC(=O)OC)C(=O)C1COCC1NC. The third kappa shape index (κ3) is 3.68. The van der Waals surface area contributed by atoms with Crippen molar-refractivity contribution in [3.8, 4) is 0 Å². The van der Waals surface area contributed by atoms with Crippen molar-refractivity contribution < 1.29 is 19.1 Å². The summed E-state index contributed by atoms with van der Waals surface area (Å²) in [6, 6.07) is 0.0227. The summed E-state index contributed by atoms with van der Waals surface area (Å²) in [5, 5.41) is 3.07. The maximum absolute atomic E-state index is 12.4. The molecule has 1 N–H and O–H groups in total. The van der Waals surface area contributed by atoms with Gasteiger partial charge in [-0.15, -0.1) is 0 Å². The van der Waals surface area contributed by atoms with Crippen LogP contribution in [-0.4, -0.2) is 63.3 Å². The topological polar surface area (TPSA) is 67.9 Å². The van der Waals surface area contributed by atoms with Gasteiger partial charge in [0.2, 0.25) is 5.91 Å². The molecule has 0 aromatic rings. The highest BCUT2D eigenvalue weighted by Crippen LogP contribution is 2.16. The van der Waals surface area contributed by atoms with Gasteiger partial charge >= 0.3 is 5.97 Å². The molecule has 104 valence electrons. The number of carbonyl (C=O) groups excluding carboxylic acids is 2. The van der Waals surface area contributed by atoms with Crippen LogP contribution in [0.1, 0.15) is 13.3 Å². The fourth-order valence-corrected chi connectivity index (χ4v) is 2.07. The minimum absolute atomic E-state index is 0.0100. The van der Waals surface area contributed by atoms with Gasteiger partial charge in [-0.2, -0.15) is 0 Å². The lowest BCUT2D eigenvalue weighted by atomic mass is 10.0. The fourth-order valence-electron chi connectivity index (χ4n) is 2.07. The van der Waals surface area contributed by atoms with Crippen LogP contribution in [0.3, 0.4) is 0 Å². The van der Waals surface area contributed by atoms with E-state index in [1.165, 1.54) is 7.11 Å². The molecular weight excluding hydrogens is 236 g/mol. The molecule has 1 amide bonds. The number of esters is 1. The molecule has 18 heavy (non-hydrogen) atoms. The van der Waals surface area contributed by atoms with Crippen molar-refractivity contribution in [2.75, 3.05) is 40.5 Å². The van der Waals surface area contributed by atoms with Gasteiger partial charge in [0.05, 0.1) is 26.2 Å². The van der Waals surface area contributed by atoms with E-state index in [2.05, 4.69) is 10.1 Å². The summed E-state index contributed by atoms with van der Waals surface area (Å²) in [7, 11) is 3.14. The number of carbonyl (C=O) groups is 2. The Labute approximate surface area is 108 Å². The molecule has 0 saturated carbocycles. The van der Waals surface area contributed by atoms with Crippen molar-refractivity contribution >= 4 is 11.9 Å². The monoisotopic (exact) mass is 258 g/mol. The predicted octanol–water partition coefficient (Wildman–Crippen LogP) is -0.368. The molecule has 0 aliphatic carbocycles. The zero-order valence-corrected chi connectivity index (χ0v) is 11.3. The highest BCUT2D eigenvalue weighted by molar-refractivity contribution is 5.84. The Hall–Kier alpha value is -1.14. The number of hydrogen-bond donors (Lipinski definition) is 1. The average Bonchev–Trinajstić information content (AvgIpc) is 2.85. The van der Waals surface area contributed by atoms with Gasteiger partial charge in [-0.1, -0.05) is 6.92 Å². The van der Waals surface area contributed by atoms with Gasteiger partial charge in [0.25, 0.3) is 0 Å². The normalized spacial score (nSPS) is 22.8. The molecule has 1 heterocycles. The summed E-state index contributed by atoms with van der Waals surface area (Å²) in [4.78, 5) is 25.2. The van der Waals surface area contributed by atoms with Gasteiger partial charge in [0.1, 0.15) is 6.54 Å². The molecule has 0 radical (unpaired) electrons. The summed E-state index contributed by atoms with van der Waals surface area (Å²) in [6.45, 7) is 3.48. The van der Waals surface area contributed by atoms with Crippen LogP contribution in [0, 0.1) is 5.92 Å². The summed E-state index contributed by atoms with van der Waals surface area (Å²) < 4.78 is 9.93. The van der Waals surface area contributed by atoms with E-state index in [1.54, 1.807) is 4.90 Å². The van der Waals surface area contributed by atoms with E-state index in [9.17, 15) is 9.59 Å². The molecule has 0 spiro atoms. The zero-order valence-electron chi connectivity index (χ0n) is 11.3. The van der Waals surface area contributed by atoms with Gasteiger partial charge in [-0.3, -0.25) is 9.59 Å². The van der Waals surface area contributed by atoms with Crippen LogP contribution >= 0.6 is 0 Å². The van der Waals surface area contributed by atoms with E-state index in [0.29, 0.717) is 19.8 Å². The zero-order chi connectivity index (χ0) is 13.5. The highest BCUT2D eigenvalue weighted by Gasteiger charge is 2.36. The molecule has 1 fully saturated rings. The number of rotatable bonds is 6. The van der Waals surface area contributed by atoms with Crippen LogP contribution in [0.2, 0.25) is 0 Å². The van der Waals surface area contributed by atoms with E-state index in [1.807, 2.05) is 14.0 Å². The number of methoxy groups -OCH3 is 1. The van der Waals surface area contributed by atoms with Crippen molar-refractivity contribution in [3.63, 3.8) is 0 Å². The van der Waals surface area contributed by atoms with Gasteiger partial charge in [0, 0.05) is 12.6 Å². The van der Waals surface area contributed by atoms with Crippen LogP contribution in [0.5, 0.6) is 0 Å². The lowest BCUT2D eigenvalue weighted by molar-refractivity contribution is -0.148. The number of hydrogen-bond acceptors (Lipinski definition) is 5. The molecule has 2 atom stereocenters. The number of ether oxygens (including phenoxy) is 2. The summed E-state index contributed by atoms with van der Waals surface area (Å²) in [5.74, 6) is -0.651. The molecule has 2 unspecified atom stereocenters. The van der Waals surface area contributed by atoms with Crippen LogP contribution < -0.4 is 5.32 Å². The van der Waals surface area contributed by atoms with Crippen LogP contribution in [0.25, 0.3) is 0 Å². The molecule has 0 bridgehead atoms. The number of nitrogens with one attached hydrogen (secondary N) is 1. The Kier molecular flexibility index (Phi) is 6.07. The average molecular weight is 258 g/mol. The van der Waals surface area contributed by atoms with Crippen molar-refractivity contribution in [2.24, 2.45) is 5.92 Å². The molecule has 1 aliphatic heterocycles. The van der Waals surface area contributed by atoms with Crippen LogP contribution in [0.15, 0.2) is 0 Å².